The van der Waals surface area contributed by atoms with Crippen LogP contribution < -0.4 is 10.2 Å². The number of H-pyrrole nitrogens is 1. The summed E-state index contributed by atoms with van der Waals surface area (Å²) in [7, 11) is 0. The molecule has 0 aliphatic carbocycles. The molecule has 2 atom stereocenters. The van der Waals surface area contributed by atoms with Crippen LogP contribution in [-0.4, -0.2) is 53.0 Å². The Labute approximate surface area is 252 Å². The van der Waals surface area contributed by atoms with E-state index in [-0.39, 0.29) is 23.5 Å². The monoisotopic (exact) mass is 578 g/mol. The highest BCUT2D eigenvalue weighted by molar-refractivity contribution is 6.24. The third-order valence-corrected chi connectivity index (χ3v) is 8.42. The minimum absolute atomic E-state index is 0.124. The van der Waals surface area contributed by atoms with Gasteiger partial charge in [-0.25, -0.2) is 9.69 Å². The van der Waals surface area contributed by atoms with Crippen LogP contribution in [0.4, 0.5) is 10.5 Å². The van der Waals surface area contributed by atoms with Gasteiger partial charge in [-0.2, -0.15) is 0 Å². The summed E-state index contributed by atoms with van der Waals surface area (Å²) in [4.78, 5) is 48.3. The van der Waals surface area contributed by atoms with Crippen molar-refractivity contribution in [2.45, 2.75) is 64.6 Å². The standard InChI is InChI=1S/C35H38N4O4/c1-21(2)23-14-16-24(17-15-23)32-31-27(25-10-5-7-12-28(25)37-31)20-30-34(41)39(35(42)38(30)32)29-13-8-6-11-26(29)33(40)36-18-9-19-43-22(3)4/h5-8,10-17,21-22,30,32,37H,9,18-20H2,1-4H3,(H,36,40)/t30-,32+/m0/s1. The number of urea groups is 1. The molecule has 3 aromatic carbocycles. The summed E-state index contributed by atoms with van der Waals surface area (Å²) in [5.74, 6) is -0.286. The predicted molar refractivity (Wildman–Crippen MR) is 167 cm³/mol. The minimum atomic E-state index is -0.696. The Morgan fingerprint density at radius 2 is 1.70 bits per heavy atom. The van der Waals surface area contributed by atoms with E-state index < -0.39 is 18.1 Å². The van der Waals surface area contributed by atoms with Gasteiger partial charge in [-0.15, -0.1) is 0 Å². The molecule has 4 amide bonds. The van der Waals surface area contributed by atoms with Crippen LogP contribution in [0.1, 0.15) is 78.8 Å². The van der Waals surface area contributed by atoms with Gasteiger partial charge < -0.3 is 15.0 Å². The number of para-hydroxylation sites is 2. The lowest BCUT2D eigenvalue weighted by Crippen LogP contribution is -2.44. The number of ether oxygens (including phenoxy) is 1. The highest BCUT2D eigenvalue weighted by Gasteiger charge is 2.53. The number of benzene rings is 3. The van der Waals surface area contributed by atoms with Gasteiger partial charge in [0, 0.05) is 36.2 Å². The molecule has 3 heterocycles. The maximum atomic E-state index is 14.3. The molecule has 4 aromatic rings. The molecular formula is C35H38N4O4. The maximum absolute atomic E-state index is 14.3. The van der Waals surface area contributed by atoms with Crippen LogP contribution in [0.15, 0.2) is 72.8 Å². The Hall–Kier alpha value is -4.43. The van der Waals surface area contributed by atoms with E-state index in [9.17, 15) is 14.4 Å². The van der Waals surface area contributed by atoms with Gasteiger partial charge in [-0.1, -0.05) is 68.4 Å². The van der Waals surface area contributed by atoms with Gasteiger partial charge >= 0.3 is 6.03 Å². The van der Waals surface area contributed by atoms with E-state index >= 15 is 0 Å². The van der Waals surface area contributed by atoms with E-state index in [0.29, 0.717) is 37.6 Å². The van der Waals surface area contributed by atoms with E-state index in [2.05, 4.69) is 54.5 Å². The summed E-state index contributed by atoms with van der Waals surface area (Å²) in [6.45, 7) is 9.19. The highest BCUT2D eigenvalue weighted by Crippen LogP contribution is 2.45. The molecule has 0 unspecified atom stereocenters. The predicted octanol–water partition coefficient (Wildman–Crippen LogP) is 6.32. The van der Waals surface area contributed by atoms with Gasteiger partial charge in [0.05, 0.1) is 17.4 Å². The smallest absolute Gasteiger partial charge is 0.332 e. The number of aromatic nitrogens is 1. The van der Waals surface area contributed by atoms with Gasteiger partial charge in [0.15, 0.2) is 0 Å². The number of nitrogens with one attached hydrogen (secondary N) is 2. The summed E-state index contributed by atoms with van der Waals surface area (Å²) in [5.41, 5.74) is 5.67. The number of nitrogens with zero attached hydrogens (tertiary/aromatic N) is 2. The molecule has 1 fully saturated rings. The van der Waals surface area contributed by atoms with Crippen LogP contribution in [-0.2, 0) is 16.0 Å². The first kappa shape index (κ1) is 28.7. The Kier molecular flexibility index (Phi) is 7.79. The number of rotatable bonds is 9. The van der Waals surface area contributed by atoms with E-state index in [1.54, 1.807) is 29.2 Å². The van der Waals surface area contributed by atoms with Crippen molar-refractivity contribution < 1.29 is 19.1 Å². The largest absolute Gasteiger partial charge is 0.379 e. The van der Waals surface area contributed by atoms with Crippen molar-refractivity contribution in [1.82, 2.24) is 15.2 Å². The Morgan fingerprint density at radius 3 is 2.44 bits per heavy atom. The molecule has 2 aliphatic heterocycles. The minimum Gasteiger partial charge on any atom is -0.379 e. The molecule has 1 saturated heterocycles. The second kappa shape index (κ2) is 11.7. The number of hydrogen-bond acceptors (Lipinski definition) is 4. The number of anilines is 1. The average molecular weight is 579 g/mol. The zero-order valence-electron chi connectivity index (χ0n) is 25.1. The SMILES string of the molecule is CC(C)OCCCNC(=O)c1ccccc1N1C(=O)[C@@H]2Cc3c([nH]c4ccccc34)[C@@H](c3ccc(C(C)C)cc3)N2C1=O. The van der Waals surface area contributed by atoms with Gasteiger partial charge in [-0.05, 0) is 61.1 Å². The normalized spacial score (nSPS) is 18.1. The van der Waals surface area contributed by atoms with E-state index in [0.717, 1.165) is 27.7 Å². The molecule has 0 radical (unpaired) electrons. The number of hydrogen-bond donors (Lipinski definition) is 2. The van der Waals surface area contributed by atoms with E-state index in [1.165, 1.54) is 10.5 Å². The van der Waals surface area contributed by atoms with Crippen molar-refractivity contribution in [1.29, 1.82) is 0 Å². The number of aromatic amines is 1. The number of carbonyl (C=O) groups excluding carboxylic acids is 3. The van der Waals surface area contributed by atoms with Crippen LogP contribution in [0.5, 0.6) is 0 Å². The van der Waals surface area contributed by atoms with Crippen molar-refractivity contribution in [3.05, 3.63) is 101 Å². The lowest BCUT2D eigenvalue weighted by atomic mass is 9.88. The van der Waals surface area contributed by atoms with Crippen LogP contribution in [0.2, 0.25) is 0 Å². The molecule has 8 nitrogen and oxygen atoms in total. The van der Waals surface area contributed by atoms with Crippen LogP contribution in [0, 0.1) is 0 Å². The van der Waals surface area contributed by atoms with Crippen LogP contribution in [0.25, 0.3) is 10.9 Å². The molecule has 8 heteroatoms. The zero-order chi connectivity index (χ0) is 30.2. The van der Waals surface area contributed by atoms with Crippen molar-refractivity contribution in [2.24, 2.45) is 0 Å². The topological polar surface area (TPSA) is 94.7 Å². The number of imide groups is 1. The third-order valence-electron chi connectivity index (χ3n) is 8.42. The second-order valence-electron chi connectivity index (χ2n) is 11.9. The molecule has 43 heavy (non-hydrogen) atoms. The molecule has 0 bridgehead atoms. The van der Waals surface area contributed by atoms with Gasteiger partial charge in [0.25, 0.3) is 11.8 Å². The zero-order valence-corrected chi connectivity index (χ0v) is 25.1. The number of fused-ring (bicyclic) bond motifs is 4. The molecular weight excluding hydrogens is 540 g/mol. The molecule has 2 aliphatic rings. The van der Waals surface area contributed by atoms with Crippen molar-refractivity contribution >= 4 is 34.4 Å². The van der Waals surface area contributed by atoms with Gasteiger partial charge in [-0.3, -0.25) is 14.5 Å². The molecule has 0 spiro atoms. The lowest BCUT2D eigenvalue weighted by Gasteiger charge is -2.36. The Morgan fingerprint density at radius 1 is 0.977 bits per heavy atom. The first-order valence-electron chi connectivity index (χ1n) is 15.1. The third kappa shape index (κ3) is 5.20. The average Bonchev–Trinajstić information content (AvgIpc) is 3.49. The fourth-order valence-electron chi connectivity index (χ4n) is 6.25. The molecule has 222 valence electrons. The number of amides is 4. The quantitative estimate of drug-likeness (QED) is 0.180. The van der Waals surface area contributed by atoms with Crippen molar-refractivity contribution in [2.75, 3.05) is 18.1 Å². The molecule has 1 aromatic heterocycles. The summed E-state index contributed by atoms with van der Waals surface area (Å²) in [6, 6.07) is 21.6. The fourth-order valence-corrected chi connectivity index (χ4v) is 6.25. The molecule has 2 N–H and O–H groups in total. The highest BCUT2D eigenvalue weighted by atomic mass is 16.5. The molecule has 6 rings (SSSR count). The molecule has 0 saturated carbocycles. The van der Waals surface area contributed by atoms with Crippen LogP contribution in [0.3, 0.4) is 0 Å². The van der Waals surface area contributed by atoms with E-state index in [4.69, 9.17) is 4.74 Å². The lowest BCUT2D eigenvalue weighted by molar-refractivity contribution is -0.120. The Balaban J connectivity index is 1.36. The summed E-state index contributed by atoms with van der Waals surface area (Å²) in [6.07, 6.45) is 1.18. The van der Waals surface area contributed by atoms with E-state index in [1.807, 2.05) is 32.0 Å². The number of carbonyl (C=O) groups is 3. The summed E-state index contributed by atoms with van der Waals surface area (Å²) < 4.78 is 5.57. The summed E-state index contributed by atoms with van der Waals surface area (Å²) >= 11 is 0. The second-order valence-corrected chi connectivity index (χ2v) is 11.9. The summed E-state index contributed by atoms with van der Waals surface area (Å²) in [5, 5.41) is 3.98. The van der Waals surface area contributed by atoms with Gasteiger partial charge in [0.1, 0.15) is 12.1 Å². The van der Waals surface area contributed by atoms with Crippen molar-refractivity contribution in [3.63, 3.8) is 0 Å². The van der Waals surface area contributed by atoms with Gasteiger partial charge in [0.2, 0.25) is 0 Å². The first-order chi connectivity index (χ1) is 20.8. The van der Waals surface area contributed by atoms with Crippen molar-refractivity contribution in [3.8, 4) is 0 Å². The van der Waals surface area contributed by atoms with Crippen LogP contribution >= 0.6 is 0 Å². The first-order valence-corrected chi connectivity index (χ1v) is 15.1. The fraction of sp³-hybridized carbons (Fsp3) is 0.343. The Bertz CT molecular complexity index is 1670. The maximum Gasteiger partial charge on any atom is 0.332 e.